The lowest BCUT2D eigenvalue weighted by atomic mass is 10.2. The minimum absolute atomic E-state index is 0.155. The number of pyridine rings is 2. The van der Waals surface area contributed by atoms with Gasteiger partial charge in [0.05, 0.1) is 6.20 Å². The van der Waals surface area contributed by atoms with E-state index in [2.05, 4.69) is 10.3 Å². The Balaban J connectivity index is 1.75. The van der Waals surface area contributed by atoms with Crippen molar-refractivity contribution in [3.63, 3.8) is 0 Å². The molecule has 3 rings (SSSR count). The van der Waals surface area contributed by atoms with E-state index >= 15 is 0 Å². The summed E-state index contributed by atoms with van der Waals surface area (Å²) in [5.74, 6) is 0.137. The molecule has 0 saturated carbocycles. The van der Waals surface area contributed by atoms with Crippen molar-refractivity contribution in [2.45, 2.75) is 6.61 Å². The molecule has 0 spiro atoms. The first-order valence-electron chi connectivity index (χ1n) is 7.83. The molecule has 1 aromatic carbocycles. The molecule has 0 aliphatic rings. The number of aromatic nitrogens is 2. The summed E-state index contributed by atoms with van der Waals surface area (Å²) in [6.07, 6.45) is 3.06. The van der Waals surface area contributed by atoms with Gasteiger partial charge in [-0.15, -0.1) is 0 Å². The number of benzene rings is 1. The van der Waals surface area contributed by atoms with Gasteiger partial charge in [0.15, 0.2) is 5.75 Å². The van der Waals surface area contributed by atoms with E-state index in [9.17, 15) is 9.59 Å². The molecule has 2 aromatic heterocycles. The number of carbonyl (C=O) groups excluding carboxylic acids is 1. The summed E-state index contributed by atoms with van der Waals surface area (Å²) in [7, 11) is 1.67. The molecular weight excluding hydrogens is 354 g/mol. The molecule has 132 valence electrons. The van der Waals surface area contributed by atoms with E-state index in [1.807, 2.05) is 12.1 Å². The maximum Gasteiger partial charge on any atom is 0.273 e. The molecule has 3 aromatic rings. The fourth-order valence-corrected chi connectivity index (χ4v) is 2.56. The average molecular weight is 370 g/mol. The largest absolute Gasteiger partial charge is 0.483 e. The molecule has 7 heteroatoms. The number of rotatable bonds is 5. The van der Waals surface area contributed by atoms with Gasteiger partial charge in [-0.25, -0.2) is 4.98 Å². The Kier molecular flexibility index (Phi) is 5.34. The molecule has 0 aliphatic heterocycles. The summed E-state index contributed by atoms with van der Waals surface area (Å²) >= 11 is 5.93. The molecule has 0 aliphatic carbocycles. The van der Waals surface area contributed by atoms with Crippen molar-refractivity contribution >= 4 is 23.3 Å². The van der Waals surface area contributed by atoms with Gasteiger partial charge in [-0.1, -0.05) is 29.8 Å². The molecule has 0 saturated heterocycles. The van der Waals surface area contributed by atoms with Crippen LogP contribution in [0.5, 0.6) is 5.75 Å². The Morgan fingerprint density at radius 1 is 1.23 bits per heavy atom. The molecule has 26 heavy (non-hydrogen) atoms. The van der Waals surface area contributed by atoms with Crippen LogP contribution in [0.1, 0.15) is 16.1 Å². The monoisotopic (exact) mass is 369 g/mol. The SMILES string of the molecule is Cn1cc(OCc2cccc(Cl)c2)c(=O)cc1C(=O)Nc1ccccn1. The number of carbonyl (C=O) groups is 1. The Hall–Kier alpha value is -3.12. The van der Waals surface area contributed by atoms with Crippen molar-refractivity contribution in [2.24, 2.45) is 7.05 Å². The van der Waals surface area contributed by atoms with Crippen molar-refractivity contribution in [1.29, 1.82) is 0 Å². The van der Waals surface area contributed by atoms with Crippen molar-refractivity contribution in [1.82, 2.24) is 9.55 Å². The van der Waals surface area contributed by atoms with E-state index in [-0.39, 0.29) is 23.5 Å². The van der Waals surface area contributed by atoms with E-state index in [1.54, 1.807) is 43.6 Å². The van der Waals surface area contributed by atoms with Gasteiger partial charge < -0.3 is 14.6 Å². The second-order valence-electron chi connectivity index (χ2n) is 5.59. The predicted molar refractivity (Wildman–Crippen MR) is 99.7 cm³/mol. The molecule has 0 bridgehead atoms. The Bertz CT molecular complexity index is 987. The lowest BCUT2D eigenvalue weighted by Gasteiger charge is -2.12. The zero-order chi connectivity index (χ0) is 18.5. The van der Waals surface area contributed by atoms with Gasteiger partial charge in [-0.3, -0.25) is 9.59 Å². The van der Waals surface area contributed by atoms with Crippen molar-refractivity contribution in [2.75, 3.05) is 5.32 Å². The topological polar surface area (TPSA) is 73.2 Å². The highest BCUT2D eigenvalue weighted by molar-refractivity contribution is 6.30. The predicted octanol–water partition coefficient (Wildman–Crippen LogP) is 3.27. The Morgan fingerprint density at radius 2 is 2.08 bits per heavy atom. The number of ether oxygens (including phenoxy) is 1. The molecule has 0 fully saturated rings. The zero-order valence-electron chi connectivity index (χ0n) is 14.0. The first kappa shape index (κ1) is 17.7. The third kappa shape index (κ3) is 4.29. The number of hydrogen-bond donors (Lipinski definition) is 1. The highest BCUT2D eigenvalue weighted by atomic mass is 35.5. The standard InChI is InChI=1S/C19H16ClN3O3/c1-23-11-17(26-12-13-5-4-6-14(20)9-13)16(24)10-15(23)19(25)22-18-7-2-3-8-21-18/h2-11H,12H2,1H3,(H,21,22,25). The molecule has 2 heterocycles. The summed E-state index contributed by atoms with van der Waals surface area (Å²) < 4.78 is 7.11. The number of nitrogens with one attached hydrogen (secondary N) is 1. The van der Waals surface area contributed by atoms with Crippen LogP contribution in [0.25, 0.3) is 0 Å². The minimum Gasteiger partial charge on any atom is -0.483 e. The summed E-state index contributed by atoms with van der Waals surface area (Å²) in [6, 6.07) is 13.6. The van der Waals surface area contributed by atoms with E-state index in [1.165, 1.54) is 16.8 Å². The maximum atomic E-state index is 12.3. The van der Waals surface area contributed by atoms with E-state index in [4.69, 9.17) is 16.3 Å². The second-order valence-corrected chi connectivity index (χ2v) is 6.02. The fraction of sp³-hybridized carbons (Fsp3) is 0.105. The van der Waals surface area contributed by atoms with Gasteiger partial charge in [0.2, 0.25) is 5.43 Å². The van der Waals surface area contributed by atoms with Gasteiger partial charge in [-0.05, 0) is 29.8 Å². The van der Waals surface area contributed by atoms with Crippen LogP contribution < -0.4 is 15.5 Å². The number of amides is 1. The zero-order valence-corrected chi connectivity index (χ0v) is 14.7. The van der Waals surface area contributed by atoms with Crippen LogP contribution in [0.4, 0.5) is 5.82 Å². The second kappa shape index (κ2) is 7.84. The highest BCUT2D eigenvalue weighted by Crippen LogP contribution is 2.14. The van der Waals surface area contributed by atoms with Gasteiger partial charge >= 0.3 is 0 Å². The van der Waals surface area contributed by atoms with Crippen LogP contribution in [0, 0.1) is 0 Å². The lowest BCUT2D eigenvalue weighted by Crippen LogP contribution is -2.22. The van der Waals surface area contributed by atoms with Crippen LogP contribution in [0.3, 0.4) is 0 Å². The van der Waals surface area contributed by atoms with Crippen LogP contribution >= 0.6 is 11.6 Å². The average Bonchev–Trinajstić information content (AvgIpc) is 2.63. The molecule has 0 radical (unpaired) electrons. The molecule has 6 nitrogen and oxygen atoms in total. The van der Waals surface area contributed by atoms with Gasteiger partial charge in [0.25, 0.3) is 5.91 Å². The van der Waals surface area contributed by atoms with Crippen LogP contribution in [0.15, 0.2) is 65.7 Å². The summed E-state index contributed by atoms with van der Waals surface area (Å²) in [5, 5.41) is 3.24. The molecule has 1 amide bonds. The van der Waals surface area contributed by atoms with Crippen LogP contribution in [-0.2, 0) is 13.7 Å². The van der Waals surface area contributed by atoms with Crippen LogP contribution in [0.2, 0.25) is 5.02 Å². The van der Waals surface area contributed by atoms with Gasteiger partial charge in [0.1, 0.15) is 18.1 Å². The Labute approximate surface area is 155 Å². The molecule has 1 N–H and O–H groups in total. The van der Waals surface area contributed by atoms with E-state index < -0.39 is 5.91 Å². The highest BCUT2D eigenvalue weighted by Gasteiger charge is 2.13. The number of hydrogen-bond acceptors (Lipinski definition) is 4. The first-order chi connectivity index (χ1) is 12.5. The summed E-state index contributed by atoms with van der Waals surface area (Å²) in [4.78, 5) is 28.7. The molecule has 0 atom stereocenters. The lowest BCUT2D eigenvalue weighted by molar-refractivity contribution is 0.101. The minimum atomic E-state index is -0.426. The van der Waals surface area contributed by atoms with E-state index in [0.717, 1.165) is 5.56 Å². The normalized spacial score (nSPS) is 10.4. The van der Waals surface area contributed by atoms with Crippen molar-refractivity contribution in [3.8, 4) is 5.75 Å². The number of aryl methyl sites for hydroxylation is 1. The quantitative estimate of drug-likeness (QED) is 0.749. The van der Waals surface area contributed by atoms with E-state index in [0.29, 0.717) is 10.8 Å². The first-order valence-corrected chi connectivity index (χ1v) is 8.21. The third-order valence-corrected chi connectivity index (χ3v) is 3.86. The number of anilines is 1. The molecule has 0 unspecified atom stereocenters. The Morgan fingerprint density at radius 3 is 2.81 bits per heavy atom. The smallest absolute Gasteiger partial charge is 0.273 e. The fourth-order valence-electron chi connectivity index (χ4n) is 2.35. The van der Waals surface area contributed by atoms with Crippen molar-refractivity contribution in [3.05, 3.63) is 87.4 Å². The van der Waals surface area contributed by atoms with Gasteiger partial charge in [-0.2, -0.15) is 0 Å². The van der Waals surface area contributed by atoms with Gasteiger partial charge in [0, 0.05) is 24.3 Å². The molecular formula is C19H16ClN3O3. The van der Waals surface area contributed by atoms with Crippen molar-refractivity contribution < 1.29 is 9.53 Å². The third-order valence-electron chi connectivity index (χ3n) is 3.62. The summed E-state index contributed by atoms with van der Waals surface area (Å²) in [5.41, 5.74) is 0.670. The number of halogens is 1. The number of nitrogens with zero attached hydrogens (tertiary/aromatic N) is 2. The van der Waals surface area contributed by atoms with Crippen LogP contribution in [-0.4, -0.2) is 15.5 Å². The summed E-state index contributed by atoms with van der Waals surface area (Å²) in [6.45, 7) is 0.204. The maximum absolute atomic E-state index is 12.3.